The van der Waals surface area contributed by atoms with Gasteiger partial charge in [0, 0.05) is 55.7 Å². The Bertz CT molecular complexity index is 2340. The van der Waals surface area contributed by atoms with Crippen molar-refractivity contribution in [2.24, 2.45) is 0 Å². The maximum absolute atomic E-state index is 5.10. The number of pyridine rings is 2. The highest BCUT2D eigenvalue weighted by Gasteiger charge is 2.29. The summed E-state index contributed by atoms with van der Waals surface area (Å²) in [5.41, 5.74) is 9.76. The molecule has 0 aliphatic carbocycles. The first kappa shape index (κ1) is 29.7. The lowest BCUT2D eigenvalue weighted by Crippen LogP contribution is -2.16. The smallest absolute Gasteiger partial charge is 0.165 e. The Labute approximate surface area is 294 Å². The molecule has 9 rings (SSSR count). The van der Waals surface area contributed by atoms with E-state index in [1.165, 1.54) is 0 Å². The zero-order valence-electron chi connectivity index (χ0n) is 26.8. The predicted octanol–water partition coefficient (Wildman–Crippen LogP) is 10.9. The molecule has 0 unspecified atom stereocenters. The quantitative estimate of drug-likeness (QED) is 0.176. The first-order chi connectivity index (χ1) is 24.8. The molecule has 1 aliphatic heterocycles. The maximum atomic E-state index is 5.10. The Morgan fingerprint density at radius 2 is 0.960 bits per heavy atom. The van der Waals surface area contributed by atoms with Crippen LogP contribution in [0.5, 0.6) is 0 Å². The van der Waals surface area contributed by atoms with E-state index in [2.05, 4.69) is 65.6 Å². The van der Waals surface area contributed by atoms with E-state index in [0.29, 0.717) is 17.5 Å². The van der Waals surface area contributed by atoms with Gasteiger partial charge in [-0.05, 0) is 66.7 Å². The van der Waals surface area contributed by atoms with Crippen LogP contribution in [0.4, 0.5) is 17.1 Å². The van der Waals surface area contributed by atoms with Gasteiger partial charge in [0.15, 0.2) is 17.5 Å². The molecule has 0 amide bonds. The normalized spacial score (nSPS) is 11.9. The molecule has 0 atom stereocenters. The number of fused-ring (bicyclic) bond motifs is 2. The third kappa shape index (κ3) is 5.59. The van der Waals surface area contributed by atoms with Gasteiger partial charge in [-0.3, -0.25) is 9.97 Å². The van der Waals surface area contributed by atoms with E-state index in [9.17, 15) is 0 Å². The minimum atomic E-state index is 0.623. The van der Waals surface area contributed by atoms with E-state index in [0.717, 1.165) is 66.1 Å². The summed E-state index contributed by atoms with van der Waals surface area (Å²) in [6.45, 7) is 0. The average molecular weight is 661 g/mol. The van der Waals surface area contributed by atoms with Crippen LogP contribution in [-0.4, -0.2) is 24.9 Å². The number of benzene rings is 5. The fraction of sp³-hybridized carbons (Fsp3) is 0. The molecule has 0 bridgehead atoms. The molecule has 0 fully saturated rings. The summed E-state index contributed by atoms with van der Waals surface area (Å²) in [5.74, 6) is 1.89. The van der Waals surface area contributed by atoms with Crippen LogP contribution >= 0.6 is 11.8 Å². The van der Waals surface area contributed by atoms with Crippen molar-refractivity contribution >= 4 is 28.8 Å². The van der Waals surface area contributed by atoms with E-state index in [1.54, 1.807) is 11.8 Å². The van der Waals surface area contributed by atoms with E-state index < -0.39 is 0 Å². The van der Waals surface area contributed by atoms with Crippen LogP contribution in [0.25, 0.3) is 56.7 Å². The fourth-order valence-corrected chi connectivity index (χ4v) is 7.43. The third-order valence-corrected chi connectivity index (χ3v) is 9.79. The molecule has 6 nitrogen and oxygen atoms in total. The van der Waals surface area contributed by atoms with Crippen molar-refractivity contribution in [2.45, 2.75) is 9.79 Å². The first-order valence-corrected chi connectivity index (χ1v) is 17.2. The van der Waals surface area contributed by atoms with E-state index >= 15 is 0 Å². The molecule has 0 saturated heterocycles. The second-order valence-electron chi connectivity index (χ2n) is 11.8. The van der Waals surface area contributed by atoms with Crippen LogP contribution in [0.15, 0.2) is 180 Å². The monoisotopic (exact) mass is 660 g/mol. The van der Waals surface area contributed by atoms with E-state index in [1.807, 2.05) is 109 Å². The van der Waals surface area contributed by atoms with Crippen LogP contribution in [0.3, 0.4) is 0 Å². The molecule has 50 heavy (non-hydrogen) atoms. The van der Waals surface area contributed by atoms with Gasteiger partial charge in [-0.1, -0.05) is 103 Å². The summed E-state index contributed by atoms with van der Waals surface area (Å²) in [7, 11) is 0. The Balaban J connectivity index is 1.26. The van der Waals surface area contributed by atoms with Crippen LogP contribution in [0, 0.1) is 0 Å². The van der Waals surface area contributed by atoms with Gasteiger partial charge in [-0.25, -0.2) is 15.0 Å². The molecule has 7 heteroatoms. The highest BCUT2D eigenvalue weighted by atomic mass is 32.2. The molecule has 0 spiro atoms. The van der Waals surface area contributed by atoms with Gasteiger partial charge in [-0.15, -0.1) is 0 Å². The van der Waals surface area contributed by atoms with Gasteiger partial charge in [-0.2, -0.15) is 0 Å². The number of anilines is 3. The zero-order valence-corrected chi connectivity index (χ0v) is 27.6. The number of rotatable bonds is 6. The SMILES string of the molecule is c1ccc(-c2nc(-c3ccccc3)nc(-c3cccc4c3Sc3ccccc3N4c3cc(-c4ccccn4)cc(-c4ccccn4)c3)n2)cc1. The van der Waals surface area contributed by atoms with Gasteiger partial charge >= 0.3 is 0 Å². The van der Waals surface area contributed by atoms with Gasteiger partial charge < -0.3 is 4.90 Å². The van der Waals surface area contributed by atoms with E-state index in [4.69, 9.17) is 24.9 Å². The van der Waals surface area contributed by atoms with Crippen molar-refractivity contribution in [3.63, 3.8) is 0 Å². The van der Waals surface area contributed by atoms with Crippen molar-refractivity contribution in [2.75, 3.05) is 4.90 Å². The Hall–Kier alpha value is -6.44. The van der Waals surface area contributed by atoms with Gasteiger partial charge in [0.1, 0.15) is 0 Å². The van der Waals surface area contributed by atoms with Crippen LogP contribution < -0.4 is 4.90 Å². The summed E-state index contributed by atoms with van der Waals surface area (Å²) in [5, 5.41) is 0. The molecular weight excluding hydrogens is 633 g/mol. The number of para-hydroxylation sites is 1. The topological polar surface area (TPSA) is 67.7 Å². The lowest BCUT2D eigenvalue weighted by Gasteiger charge is -2.34. The predicted molar refractivity (Wildman–Crippen MR) is 201 cm³/mol. The van der Waals surface area contributed by atoms with Crippen molar-refractivity contribution in [1.82, 2.24) is 24.9 Å². The third-order valence-electron chi connectivity index (χ3n) is 8.59. The summed E-state index contributed by atoms with van der Waals surface area (Å²) in [4.78, 5) is 29.1. The highest BCUT2D eigenvalue weighted by Crippen LogP contribution is 2.54. The molecular formula is C43H28N6S. The van der Waals surface area contributed by atoms with Gasteiger partial charge in [0.2, 0.25) is 0 Å². The molecule has 1 aliphatic rings. The Morgan fingerprint density at radius 3 is 1.56 bits per heavy atom. The standard InChI is InChI=1S/C43H28N6S/c1-3-14-29(15-4-1)41-46-42(30-16-5-2-6-17-30)48-43(47-41)34-18-13-22-38-40(34)50-39-23-8-7-21-37(39)49(38)33-27-31(35-19-9-11-24-44-35)26-32(28-33)36-20-10-12-25-45-36/h1-28H. The lowest BCUT2D eigenvalue weighted by atomic mass is 10.0. The highest BCUT2D eigenvalue weighted by molar-refractivity contribution is 8.00. The van der Waals surface area contributed by atoms with Crippen molar-refractivity contribution in [1.29, 1.82) is 0 Å². The number of aromatic nitrogens is 5. The Morgan fingerprint density at radius 1 is 0.420 bits per heavy atom. The fourth-order valence-electron chi connectivity index (χ4n) is 6.26. The maximum Gasteiger partial charge on any atom is 0.165 e. The molecule has 236 valence electrons. The number of nitrogens with zero attached hydrogens (tertiary/aromatic N) is 6. The lowest BCUT2D eigenvalue weighted by molar-refractivity contribution is 1.06. The van der Waals surface area contributed by atoms with Crippen LogP contribution in [0.1, 0.15) is 0 Å². The minimum absolute atomic E-state index is 0.623. The Kier molecular flexibility index (Phi) is 7.64. The zero-order chi connectivity index (χ0) is 33.3. The molecule has 0 saturated carbocycles. The van der Waals surface area contributed by atoms with E-state index in [-0.39, 0.29) is 0 Å². The molecule has 4 heterocycles. The summed E-state index contributed by atoms with van der Waals surface area (Å²) in [6.07, 6.45) is 3.66. The van der Waals surface area contributed by atoms with Crippen molar-refractivity contribution in [3.05, 3.63) is 170 Å². The molecule has 0 N–H and O–H groups in total. The minimum Gasteiger partial charge on any atom is -0.308 e. The number of hydrogen-bond donors (Lipinski definition) is 0. The molecule has 8 aromatic rings. The number of hydrogen-bond acceptors (Lipinski definition) is 7. The second kappa shape index (κ2) is 12.9. The second-order valence-corrected chi connectivity index (χ2v) is 12.8. The van der Waals surface area contributed by atoms with Crippen molar-refractivity contribution < 1.29 is 0 Å². The molecule has 0 radical (unpaired) electrons. The van der Waals surface area contributed by atoms with Gasteiger partial charge in [0.25, 0.3) is 0 Å². The summed E-state index contributed by atoms with van der Waals surface area (Å²) in [6, 6.07) is 53.7. The average Bonchev–Trinajstić information content (AvgIpc) is 3.20. The summed E-state index contributed by atoms with van der Waals surface area (Å²) >= 11 is 1.74. The van der Waals surface area contributed by atoms with Crippen LogP contribution in [-0.2, 0) is 0 Å². The van der Waals surface area contributed by atoms with Crippen LogP contribution in [0.2, 0.25) is 0 Å². The summed E-state index contributed by atoms with van der Waals surface area (Å²) < 4.78 is 0. The molecule has 5 aromatic carbocycles. The van der Waals surface area contributed by atoms with Crippen molar-refractivity contribution in [3.8, 4) is 56.7 Å². The first-order valence-electron chi connectivity index (χ1n) is 16.3. The largest absolute Gasteiger partial charge is 0.308 e. The van der Waals surface area contributed by atoms with Gasteiger partial charge in [0.05, 0.1) is 22.8 Å². The molecule has 3 aromatic heterocycles.